The predicted octanol–water partition coefficient (Wildman–Crippen LogP) is 1.67. The largest absolute Gasteiger partial charge is 0.373 e. The van der Waals surface area contributed by atoms with Crippen LogP contribution >= 0.6 is 0 Å². The first-order valence-corrected chi connectivity index (χ1v) is 5.79. The van der Waals surface area contributed by atoms with Gasteiger partial charge in [0.25, 0.3) is 0 Å². The Labute approximate surface area is 95.6 Å². The summed E-state index contributed by atoms with van der Waals surface area (Å²) < 4.78 is 10.6. The molecule has 1 atom stereocenters. The average molecular weight is 225 g/mol. The van der Waals surface area contributed by atoms with Crippen LogP contribution in [0.3, 0.4) is 0 Å². The van der Waals surface area contributed by atoms with E-state index < -0.39 is 0 Å². The monoisotopic (exact) mass is 225 g/mol. The zero-order valence-electron chi connectivity index (χ0n) is 10.1. The first kappa shape index (κ1) is 11.5. The second-order valence-corrected chi connectivity index (χ2v) is 4.58. The van der Waals surface area contributed by atoms with Gasteiger partial charge >= 0.3 is 0 Å². The van der Waals surface area contributed by atoms with Crippen LogP contribution in [0.2, 0.25) is 0 Å². The Bertz CT molecular complexity index is 334. The lowest BCUT2D eigenvalue weighted by molar-refractivity contribution is 0.0751. The Kier molecular flexibility index (Phi) is 3.56. The number of hydrogen-bond donors (Lipinski definition) is 1. The molecular formula is C11H19N3O2. The van der Waals surface area contributed by atoms with Crippen LogP contribution in [0.25, 0.3) is 0 Å². The molecule has 5 nitrogen and oxygen atoms in total. The van der Waals surface area contributed by atoms with Crippen molar-refractivity contribution in [1.29, 1.82) is 0 Å². The quantitative estimate of drug-likeness (QED) is 0.798. The summed E-state index contributed by atoms with van der Waals surface area (Å²) in [6, 6.07) is 0.414. The second kappa shape index (κ2) is 4.93. The average Bonchev–Trinajstić information content (AvgIpc) is 2.96. The molecule has 1 aliphatic rings. The Morgan fingerprint density at radius 1 is 1.50 bits per heavy atom. The standard InChI is InChI=1S/C11H19N3O2/c1-7(2)12-6-9-13-11(14-16-9)10(15-3)8-4-5-8/h7-8,10,12H,4-6H2,1-3H3. The lowest BCUT2D eigenvalue weighted by Gasteiger charge is -2.08. The molecule has 0 bridgehead atoms. The fourth-order valence-electron chi connectivity index (χ4n) is 1.65. The number of ether oxygens (including phenoxy) is 1. The van der Waals surface area contributed by atoms with E-state index in [1.165, 1.54) is 12.8 Å². The van der Waals surface area contributed by atoms with E-state index in [1.807, 2.05) is 0 Å². The van der Waals surface area contributed by atoms with Crippen LogP contribution in [0.1, 0.15) is 44.5 Å². The molecule has 0 saturated heterocycles. The fraction of sp³-hybridized carbons (Fsp3) is 0.818. The summed E-state index contributed by atoms with van der Waals surface area (Å²) in [4.78, 5) is 4.35. The van der Waals surface area contributed by atoms with E-state index >= 15 is 0 Å². The van der Waals surface area contributed by atoms with Gasteiger partial charge in [-0.1, -0.05) is 19.0 Å². The SMILES string of the molecule is COC(c1noc(CNC(C)C)n1)C1CC1. The van der Waals surface area contributed by atoms with Crippen LogP contribution < -0.4 is 5.32 Å². The van der Waals surface area contributed by atoms with Gasteiger partial charge in [-0.15, -0.1) is 0 Å². The molecule has 1 heterocycles. The van der Waals surface area contributed by atoms with E-state index in [1.54, 1.807) is 7.11 Å². The summed E-state index contributed by atoms with van der Waals surface area (Å²) in [5.41, 5.74) is 0. The number of hydrogen-bond acceptors (Lipinski definition) is 5. The molecule has 5 heteroatoms. The minimum absolute atomic E-state index is 0.0107. The number of aromatic nitrogens is 2. The highest BCUT2D eigenvalue weighted by Gasteiger charge is 2.35. The predicted molar refractivity (Wildman–Crippen MR) is 58.7 cm³/mol. The van der Waals surface area contributed by atoms with Gasteiger partial charge in [-0.2, -0.15) is 4.98 Å². The summed E-state index contributed by atoms with van der Waals surface area (Å²) in [6.07, 6.45) is 2.41. The number of rotatable bonds is 6. The van der Waals surface area contributed by atoms with Crippen molar-refractivity contribution in [2.45, 2.75) is 45.4 Å². The Morgan fingerprint density at radius 3 is 2.81 bits per heavy atom. The first-order valence-electron chi connectivity index (χ1n) is 5.79. The van der Waals surface area contributed by atoms with E-state index in [2.05, 4.69) is 29.3 Å². The topological polar surface area (TPSA) is 60.2 Å². The van der Waals surface area contributed by atoms with Gasteiger partial charge < -0.3 is 14.6 Å². The van der Waals surface area contributed by atoms with Crippen molar-refractivity contribution < 1.29 is 9.26 Å². The minimum atomic E-state index is 0.0107. The van der Waals surface area contributed by atoms with Crippen molar-refractivity contribution in [1.82, 2.24) is 15.5 Å². The number of nitrogens with one attached hydrogen (secondary N) is 1. The molecule has 0 radical (unpaired) electrons. The van der Waals surface area contributed by atoms with Gasteiger partial charge in [0, 0.05) is 13.2 Å². The molecule has 1 aliphatic carbocycles. The molecule has 1 aromatic heterocycles. The molecule has 90 valence electrons. The smallest absolute Gasteiger partial charge is 0.240 e. The molecule has 1 aromatic rings. The molecule has 1 saturated carbocycles. The number of nitrogens with zero attached hydrogens (tertiary/aromatic N) is 2. The normalized spacial score (nSPS) is 18.0. The van der Waals surface area contributed by atoms with Gasteiger partial charge in [0.1, 0.15) is 6.10 Å². The van der Waals surface area contributed by atoms with Crippen LogP contribution in [0, 0.1) is 5.92 Å². The van der Waals surface area contributed by atoms with Gasteiger partial charge in [-0.25, -0.2) is 0 Å². The van der Waals surface area contributed by atoms with Gasteiger partial charge in [0.2, 0.25) is 11.7 Å². The lowest BCUT2D eigenvalue weighted by atomic mass is 10.2. The molecule has 0 aliphatic heterocycles. The van der Waals surface area contributed by atoms with Crippen LogP contribution in [-0.2, 0) is 11.3 Å². The third-order valence-electron chi connectivity index (χ3n) is 2.70. The van der Waals surface area contributed by atoms with E-state index in [0.29, 0.717) is 30.2 Å². The second-order valence-electron chi connectivity index (χ2n) is 4.58. The van der Waals surface area contributed by atoms with Crippen molar-refractivity contribution in [3.05, 3.63) is 11.7 Å². The highest BCUT2D eigenvalue weighted by atomic mass is 16.5. The maximum absolute atomic E-state index is 5.39. The molecule has 1 N–H and O–H groups in total. The lowest BCUT2D eigenvalue weighted by Crippen LogP contribution is -2.22. The number of methoxy groups -OCH3 is 1. The highest BCUT2D eigenvalue weighted by Crippen LogP contribution is 2.41. The van der Waals surface area contributed by atoms with Crippen molar-refractivity contribution in [2.24, 2.45) is 5.92 Å². The van der Waals surface area contributed by atoms with E-state index in [4.69, 9.17) is 9.26 Å². The molecule has 1 unspecified atom stereocenters. The molecule has 16 heavy (non-hydrogen) atoms. The van der Waals surface area contributed by atoms with Gasteiger partial charge in [0.15, 0.2) is 0 Å². The van der Waals surface area contributed by atoms with Gasteiger partial charge in [0.05, 0.1) is 6.54 Å². The fourth-order valence-corrected chi connectivity index (χ4v) is 1.65. The van der Waals surface area contributed by atoms with Crippen LogP contribution in [-0.4, -0.2) is 23.3 Å². The van der Waals surface area contributed by atoms with E-state index in [-0.39, 0.29) is 6.10 Å². The molecule has 0 spiro atoms. The molecular weight excluding hydrogens is 206 g/mol. The Balaban J connectivity index is 1.95. The Morgan fingerprint density at radius 2 is 2.25 bits per heavy atom. The third-order valence-corrected chi connectivity index (χ3v) is 2.70. The maximum atomic E-state index is 5.39. The van der Waals surface area contributed by atoms with E-state index in [9.17, 15) is 0 Å². The zero-order chi connectivity index (χ0) is 11.5. The van der Waals surface area contributed by atoms with Crippen molar-refractivity contribution in [2.75, 3.05) is 7.11 Å². The van der Waals surface area contributed by atoms with E-state index in [0.717, 1.165) is 0 Å². The highest BCUT2D eigenvalue weighted by molar-refractivity contribution is 4.98. The van der Waals surface area contributed by atoms with Crippen LogP contribution in [0.4, 0.5) is 0 Å². The van der Waals surface area contributed by atoms with Gasteiger partial charge in [-0.3, -0.25) is 0 Å². The van der Waals surface area contributed by atoms with Crippen molar-refractivity contribution >= 4 is 0 Å². The molecule has 2 rings (SSSR count). The summed E-state index contributed by atoms with van der Waals surface area (Å²) >= 11 is 0. The van der Waals surface area contributed by atoms with Crippen LogP contribution in [0.5, 0.6) is 0 Å². The molecule has 0 amide bonds. The molecule has 1 fully saturated rings. The van der Waals surface area contributed by atoms with Crippen molar-refractivity contribution in [3.63, 3.8) is 0 Å². The summed E-state index contributed by atoms with van der Waals surface area (Å²) in [6.45, 7) is 4.78. The maximum Gasteiger partial charge on any atom is 0.240 e. The summed E-state index contributed by atoms with van der Waals surface area (Å²) in [5.74, 6) is 1.89. The third kappa shape index (κ3) is 2.80. The Hall–Kier alpha value is -0.940. The summed E-state index contributed by atoms with van der Waals surface area (Å²) in [7, 11) is 1.70. The van der Waals surface area contributed by atoms with Crippen LogP contribution in [0.15, 0.2) is 4.52 Å². The summed E-state index contributed by atoms with van der Waals surface area (Å²) in [5, 5.41) is 7.22. The molecule has 0 aromatic carbocycles. The minimum Gasteiger partial charge on any atom is -0.373 e. The van der Waals surface area contributed by atoms with Gasteiger partial charge in [-0.05, 0) is 18.8 Å². The zero-order valence-corrected chi connectivity index (χ0v) is 10.1. The van der Waals surface area contributed by atoms with Crippen molar-refractivity contribution in [3.8, 4) is 0 Å². The first-order chi connectivity index (χ1) is 7.70.